The molecule has 0 atom stereocenters. The van der Waals surface area contributed by atoms with Crippen LogP contribution in [0.5, 0.6) is 0 Å². The molecule has 0 aliphatic carbocycles. The number of rotatable bonds is 7. The van der Waals surface area contributed by atoms with Gasteiger partial charge in [0.05, 0.1) is 11.2 Å². The Balaban J connectivity index is 1.06. The number of pyridine rings is 1. The Labute approximate surface area is 327 Å². The molecule has 262 valence electrons. The number of hydrogen-bond donors (Lipinski definition) is 0. The maximum absolute atomic E-state index is 5.29. The molecule has 1 nitrogen and oxygen atoms in total. The van der Waals surface area contributed by atoms with Gasteiger partial charge in [0.1, 0.15) is 0 Å². The second-order valence-corrected chi connectivity index (χ2v) is 14.5. The third-order valence-corrected chi connectivity index (χ3v) is 11.1. The summed E-state index contributed by atoms with van der Waals surface area (Å²) >= 11 is 0. The van der Waals surface area contributed by atoms with E-state index in [1.807, 2.05) is 6.08 Å². The van der Waals surface area contributed by atoms with Gasteiger partial charge < -0.3 is 0 Å². The van der Waals surface area contributed by atoms with Crippen LogP contribution >= 0.6 is 0 Å². The van der Waals surface area contributed by atoms with E-state index in [0.29, 0.717) is 0 Å². The smallest absolute Gasteiger partial charge is 0.0716 e. The van der Waals surface area contributed by atoms with Crippen molar-refractivity contribution in [3.05, 3.63) is 211 Å². The van der Waals surface area contributed by atoms with E-state index in [2.05, 4.69) is 207 Å². The van der Waals surface area contributed by atoms with Crippen molar-refractivity contribution in [2.45, 2.75) is 0 Å². The highest BCUT2D eigenvalue weighted by atomic mass is 14.7. The zero-order chi connectivity index (χ0) is 37.6. The van der Waals surface area contributed by atoms with Crippen molar-refractivity contribution in [1.29, 1.82) is 0 Å². The molecule has 10 rings (SSSR count). The minimum Gasteiger partial charge on any atom is -0.248 e. The fraction of sp³-hybridized carbons (Fsp3) is 0. The van der Waals surface area contributed by atoms with Gasteiger partial charge in [0.2, 0.25) is 0 Å². The van der Waals surface area contributed by atoms with Crippen molar-refractivity contribution in [3.8, 4) is 66.9 Å². The molecule has 0 unspecified atom stereocenters. The van der Waals surface area contributed by atoms with Crippen molar-refractivity contribution in [2.75, 3.05) is 0 Å². The third kappa shape index (κ3) is 5.97. The minimum absolute atomic E-state index is 0.952. The van der Waals surface area contributed by atoms with Gasteiger partial charge in [-0.2, -0.15) is 0 Å². The van der Waals surface area contributed by atoms with E-state index in [4.69, 9.17) is 4.98 Å². The molecule has 9 aromatic carbocycles. The quantitative estimate of drug-likeness (QED) is 0.160. The molecule has 0 N–H and O–H groups in total. The van der Waals surface area contributed by atoms with E-state index < -0.39 is 0 Å². The molecule has 0 aliphatic heterocycles. The van der Waals surface area contributed by atoms with Crippen molar-refractivity contribution < 1.29 is 0 Å². The summed E-state index contributed by atoms with van der Waals surface area (Å²) in [6.45, 7) is 8.38. The number of hydrogen-bond acceptors (Lipinski definition) is 1. The summed E-state index contributed by atoms with van der Waals surface area (Å²) in [6, 6.07) is 69.8. The minimum atomic E-state index is 0.952. The van der Waals surface area contributed by atoms with Crippen LogP contribution in [0.3, 0.4) is 0 Å². The Bertz CT molecular complexity index is 3140. The molecule has 0 spiro atoms. The van der Waals surface area contributed by atoms with E-state index in [1.54, 1.807) is 0 Å². The molecule has 56 heavy (non-hydrogen) atoms. The van der Waals surface area contributed by atoms with E-state index >= 15 is 0 Å². The maximum atomic E-state index is 5.29. The second kappa shape index (κ2) is 13.8. The van der Waals surface area contributed by atoms with Gasteiger partial charge >= 0.3 is 0 Å². The molecule has 1 heteroatoms. The first-order valence-corrected chi connectivity index (χ1v) is 19.1. The number of nitrogens with zero attached hydrogens (tertiary/aromatic N) is 1. The average molecular weight is 712 g/mol. The summed E-state index contributed by atoms with van der Waals surface area (Å²) in [7, 11) is 0. The Morgan fingerprint density at radius 1 is 0.375 bits per heavy atom. The van der Waals surface area contributed by atoms with Crippen LogP contribution in [0.15, 0.2) is 201 Å². The molecular formula is C55H37N. The first-order valence-electron chi connectivity index (χ1n) is 19.1. The normalized spacial score (nSPS) is 11.4. The molecule has 0 saturated heterocycles. The lowest BCUT2D eigenvalue weighted by molar-refractivity contribution is 1.40. The second-order valence-electron chi connectivity index (χ2n) is 14.5. The summed E-state index contributed by atoms with van der Waals surface area (Å²) in [4.78, 5) is 5.29. The first-order chi connectivity index (χ1) is 27.6. The van der Waals surface area contributed by atoms with Crippen LogP contribution in [0.2, 0.25) is 0 Å². The van der Waals surface area contributed by atoms with Crippen LogP contribution in [-0.2, 0) is 0 Å². The highest BCUT2D eigenvalue weighted by molar-refractivity contribution is 6.14. The highest BCUT2D eigenvalue weighted by Crippen LogP contribution is 2.38. The van der Waals surface area contributed by atoms with Gasteiger partial charge in [-0.3, -0.25) is 0 Å². The monoisotopic (exact) mass is 711 g/mol. The molecule has 0 fully saturated rings. The molecule has 1 aromatic heterocycles. The average Bonchev–Trinajstić information content (AvgIpc) is 3.27. The molecule has 0 radical (unpaired) electrons. The molecule has 10 aromatic rings. The number of fused-ring (bicyclic) bond motifs is 1. The number of benzene rings is 9. The van der Waals surface area contributed by atoms with Crippen LogP contribution < -0.4 is 5.22 Å². The van der Waals surface area contributed by atoms with Gasteiger partial charge in [-0.15, -0.1) is 0 Å². The van der Waals surface area contributed by atoms with Crippen LogP contribution in [-0.4, -0.2) is 4.98 Å². The predicted molar refractivity (Wildman–Crippen MR) is 240 cm³/mol. The summed E-state index contributed by atoms with van der Waals surface area (Å²) in [5, 5.41) is 6.99. The van der Waals surface area contributed by atoms with Gasteiger partial charge in [-0.25, -0.2) is 4.98 Å². The summed E-state index contributed by atoms with van der Waals surface area (Å²) < 4.78 is 0. The lowest BCUT2D eigenvalue weighted by atomic mass is 9.91. The Hall–Kier alpha value is -7.35. The van der Waals surface area contributed by atoms with Crippen LogP contribution in [0.25, 0.3) is 112 Å². The van der Waals surface area contributed by atoms with Crippen molar-refractivity contribution >= 4 is 45.1 Å². The topological polar surface area (TPSA) is 12.9 Å². The van der Waals surface area contributed by atoms with Gasteiger partial charge in [0.15, 0.2) is 0 Å². The third-order valence-electron chi connectivity index (χ3n) is 11.1. The SMILES string of the molecule is C=Cc1ccc2cc(-c3cccc(-c4ccc5nc(-c6cccc(-c7cccc(-c8ccccc8)c7)c6)cc(-c6ccccc6)c5c4)c3)cc3ccc(=C)c1c23. The molecule has 0 saturated carbocycles. The molecular weight excluding hydrogens is 675 g/mol. The summed E-state index contributed by atoms with van der Waals surface area (Å²) in [5.74, 6) is 0. The molecule has 0 amide bonds. The fourth-order valence-corrected chi connectivity index (χ4v) is 8.26. The first kappa shape index (κ1) is 33.2. The zero-order valence-corrected chi connectivity index (χ0v) is 30.9. The molecule has 0 bridgehead atoms. The van der Waals surface area contributed by atoms with E-state index in [1.165, 1.54) is 60.5 Å². The van der Waals surface area contributed by atoms with Gasteiger partial charge in [-0.1, -0.05) is 165 Å². The Morgan fingerprint density at radius 3 is 1.54 bits per heavy atom. The van der Waals surface area contributed by atoms with Crippen molar-refractivity contribution in [3.63, 3.8) is 0 Å². The number of aromatic nitrogens is 1. The van der Waals surface area contributed by atoms with E-state index in [9.17, 15) is 0 Å². The van der Waals surface area contributed by atoms with Crippen LogP contribution in [0, 0.1) is 0 Å². The van der Waals surface area contributed by atoms with Crippen molar-refractivity contribution in [2.24, 2.45) is 0 Å². The Morgan fingerprint density at radius 2 is 0.893 bits per heavy atom. The largest absolute Gasteiger partial charge is 0.248 e. The molecule has 0 aliphatic rings. The predicted octanol–water partition coefficient (Wildman–Crippen LogP) is 14.3. The van der Waals surface area contributed by atoms with Crippen molar-refractivity contribution in [1.82, 2.24) is 4.98 Å². The summed E-state index contributed by atoms with van der Waals surface area (Å²) in [5.41, 5.74) is 15.9. The van der Waals surface area contributed by atoms with E-state index in [0.717, 1.165) is 49.6 Å². The van der Waals surface area contributed by atoms with Crippen LogP contribution in [0.4, 0.5) is 0 Å². The highest BCUT2D eigenvalue weighted by Gasteiger charge is 2.14. The zero-order valence-electron chi connectivity index (χ0n) is 30.9. The van der Waals surface area contributed by atoms with Crippen LogP contribution in [0.1, 0.15) is 5.56 Å². The standard InChI is InChI=1S/C55H37N/c1-3-37-25-26-48-33-49(32-47-24-23-36(2)54(37)55(47)48)44-21-11-19-42(30-44)45-27-28-52-51(34-45)50(39-15-8-5-9-16-39)35-53(56-52)46-22-12-20-43(31-46)41-18-10-17-40(29-41)38-13-6-4-7-14-38/h3-35H,1-2H2. The maximum Gasteiger partial charge on any atom is 0.0716 e. The molecule has 1 heterocycles. The lowest BCUT2D eigenvalue weighted by Gasteiger charge is -2.14. The summed E-state index contributed by atoms with van der Waals surface area (Å²) in [6.07, 6.45) is 1.92. The van der Waals surface area contributed by atoms with Gasteiger partial charge in [-0.05, 0) is 136 Å². The lowest BCUT2D eigenvalue weighted by Crippen LogP contribution is -2.01. The van der Waals surface area contributed by atoms with Gasteiger partial charge in [0.25, 0.3) is 0 Å². The van der Waals surface area contributed by atoms with E-state index in [-0.39, 0.29) is 0 Å². The fourth-order valence-electron chi connectivity index (χ4n) is 8.26. The Kier molecular flexibility index (Phi) is 8.20. The van der Waals surface area contributed by atoms with Gasteiger partial charge in [0, 0.05) is 10.9 Å².